The molecule has 0 N–H and O–H groups in total. The summed E-state index contributed by atoms with van der Waals surface area (Å²) in [7, 11) is 0. The van der Waals surface area contributed by atoms with Crippen molar-refractivity contribution in [1.82, 2.24) is 0 Å². The molecule has 0 spiro atoms. The van der Waals surface area contributed by atoms with E-state index in [2.05, 4.69) is 30.9 Å². The quantitative estimate of drug-likeness (QED) is 0.229. The van der Waals surface area contributed by atoms with E-state index in [0.29, 0.717) is 22.9 Å². The third-order valence-corrected chi connectivity index (χ3v) is 5.77. The smallest absolute Gasteiger partial charge is 0.141 e. The molecule has 0 aliphatic rings. The third kappa shape index (κ3) is 5.75. The first-order valence-electron chi connectivity index (χ1n) is 10.3. The van der Waals surface area contributed by atoms with Crippen LogP contribution in [-0.2, 0) is 12.8 Å². The van der Waals surface area contributed by atoms with Crippen LogP contribution < -0.4 is 0 Å². The second kappa shape index (κ2) is 10.8. The lowest BCUT2D eigenvalue weighted by Crippen LogP contribution is -1.93. The number of unbranched alkanes of at least 4 members (excludes halogenated alkanes) is 1. The van der Waals surface area contributed by atoms with Gasteiger partial charge in [-0.15, -0.1) is 0 Å². The Kier molecular flexibility index (Phi) is 7.88. The first-order chi connectivity index (χ1) is 15.0. The molecule has 0 atom stereocenters. The minimum absolute atomic E-state index is 0.273. The van der Waals surface area contributed by atoms with Gasteiger partial charge >= 0.3 is 0 Å². The summed E-state index contributed by atoms with van der Waals surface area (Å²) in [6, 6.07) is 16.5. The molecule has 156 valence electrons. The first kappa shape index (κ1) is 22.6. The second-order valence-electron chi connectivity index (χ2n) is 7.24. The Labute approximate surface area is 187 Å². The zero-order valence-electron chi connectivity index (χ0n) is 17.6. The van der Waals surface area contributed by atoms with Gasteiger partial charge in [-0.1, -0.05) is 50.3 Å². The number of nitrogens with zero attached hydrogens (tertiary/aromatic N) is 1. The summed E-state index contributed by atoms with van der Waals surface area (Å²) in [6.07, 6.45) is 4.20. The van der Waals surface area contributed by atoms with Crippen LogP contribution in [0.25, 0.3) is 11.1 Å². The molecule has 0 radical (unpaired) electrons. The molecule has 0 bridgehead atoms. The molecule has 3 rings (SSSR count). The Balaban J connectivity index is 1.86. The number of hydrogen-bond donors (Lipinski definition) is 0. The molecule has 0 saturated carbocycles. The lowest BCUT2D eigenvalue weighted by Gasteiger charge is -2.09. The Morgan fingerprint density at radius 1 is 0.871 bits per heavy atom. The van der Waals surface area contributed by atoms with Crippen molar-refractivity contribution in [1.29, 1.82) is 5.26 Å². The molecule has 0 amide bonds. The zero-order chi connectivity index (χ0) is 22.2. The average Bonchev–Trinajstić information content (AvgIpc) is 2.79. The van der Waals surface area contributed by atoms with E-state index in [9.17, 15) is 8.78 Å². The Hall–Kier alpha value is -3.08. The highest BCUT2D eigenvalue weighted by Gasteiger charge is 2.13. The van der Waals surface area contributed by atoms with Crippen LogP contribution in [0, 0.1) is 34.1 Å². The summed E-state index contributed by atoms with van der Waals surface area (Å²) in [4.78, 5) is -0.273. The molecule has 0 aliphatic heterocycles. The molecule has 0 heterocycles. The highest BCUT2D eigenvalue weighted by Crippen LogP contribution is 2.31. The molecular weight excluding hydrogens is 408 g/mol. The predicted octanol–water partition coefficient (Wildman–Crippen LogP) is 7.51. The van der Waals surface area contributed by atoms with Crippen LogP contribution in [0.4, 0.5) is 8.78 Å². The van der Waals surface area contributed by atoms with Crippen LogP contribution in [0.1, 0.15) is 48.9 Å². The van der Waals surface area contributed by atoms with Crippen molar-refractivity contribution in [3.05, 3.63) is 88.5 Å². The summed E-state index contributed by atoms with van der Waals surface area (Å²) in [5.74, 6) is 4.99. The molecule has 0 aliphatic carbocycles. The fraction of sp³-hybridized carbons (Fsp3) is 0.222. The van der Waals surface area contributed by atoms with Gasteiger partial charge < -0.3 is 0 Å². The number of nitriles is 1. The van der Waals surface area contributed by atoms with Gasteiger partial charge in [-0.2, -0.15) is 5.26 Å². The van der Waals surface area contributed by atoms with Gasteiger partial charge in [0.1, 0.15) is 17.0 Å². The van der Waals surface area contributed by atoms with Crippen molar-refractivity contribution >= 4 is 11.8 Å². The first-order valence-corrected chi connectivity index (χ1v) is 11.2. The monoisotopic (exact) mass is 431 g/mol. The number of benzene rings is 3. The third-order valence-electron chi connectivity index (χ3n) is 5.08. The maximum absolute atomic E-state index is 14.2. The van der Waals surface area contributed by atoms with Gasteiger partial charge in [0.15, 0.2) is 0 Å². The minimum atomic E-state index is -0.731. The van der Waals surface area contributed by atoms with E-state index < -0.39 is 11.6 Å². The van der Waals surface area contributed by atoms with E-state index in [4.69, 9.17) is 5.26 Å². The van der Waals surface area contributed by atoms with Crippen LogP contribution in [0.5, 0.6) is 0 Å². The van der Waals surface area contributed by atoms with Gasteiger partial charge in [0.25, 0.3) is 0 Å². The standard InChI is InChI=1S/C27H23F2NS/c1-3-5-6-19-7-9-20(10-8-19)11-12-22-13-14-23(15-21(22)4-2)24-16-25(28)27(31-18-30)26(29)17-24/h7-10,13-17H,3-6H2,1-2H3. The fourth-order valence-corrected chi connectivity index (χ4v) is 3.74. The Bertz CT molecular complexity index is 1140. The summed E-state index contributed by atoms with van der Waals surface area (Å²) in [5, 5.41) is 10.4. The van der Waals surface area contributed by atoms with Gasteiger partial charge in [-0.3, -0.25) is 0 Å². The molecule has 0 fully saturated rings. The molecule has 1 nitrogen and oxygen atoms in total. The molecule has 0 unspecified atom stereocenters. The molecule has 31 heavy (non-hydrogen) atoms. The van der Waals surface area contributed by atoms with E-state index in [1.807, 2.05) is 37.3 Å². The molecule has 3 aromatic carbocycles. The summed E-state index contributed by atoms with van der Waals surface area (Å²) >= 11 is 0.489. The summed E-state index contributed by atoms with van der Waals surface area (Å²) in [5.41, 5.74) is 5.36. The highest BCUT2D eigenvalue weighted by atomic mass is 32.2. The van der Waals surface area contributed by atoms with E-state index >= 15 is 0 Å². The van der Waals surface area contributed by atoms with Gasteiger partial charge in [-0.25, -0.2) is 8.78 Å². The maximum Gasteiger partial charge on any atom is 0.141 e. The molecular formula is C27H23F2NS. The van der Waals surface area contributed by atoms with Gasteiger partial charge in [-0.05, 0) is 89.7 Å². The number of thioether (sulfide) groups is 1. The van der Waals surface area contributed by atoms with E-state index in [-0.39, 0.29) is 4.90 Å². The molecule has 0 saturated heterocycles. The lowest BCUT2D eigenvalue weighted by atomic mass is 9.97. The number of rotatable bonds is 6. The molecule has 3 aromatic rings. The lowest BCUT2D eigenvalue weighted by molar-refractivity contribution is 0.542. The van der Waals surface area contributed by atoms with Crippen molar-refractivity contribution in [2.45, 2.75) is 44.4 Å². The highest BCUT2D eigenvalue weighted by molar-refractivity contribution is 8.03. The van der Waals surface area contributed by atoms with Gasteiger partial charge in [0.2, 0.25) is 0 Å². The van der Waals surface area contributed by atoms with Crippen LogP contribution in [-0.4, -0.2) is 0 Å². The van der Waals surface area contributed by atoms with Gasteiger partial charge in [0.05, 0.1) is 4.90 Å². The van der Waals surface area contributed by atoms with Crippen molar-refractivity contribution in [3.8, 4) is 28.4 Å². The van der Waals surface area contributed by atoms with E-state index in [0.717, 1.165) is 29.5 Å². The minimum Gasteiger partial charge on any atom is -0.206 e. The zero-order valence-corrected chi connectivity index (χ0v) is 18.5. The van der Waals surface area contributed by atoms with Gasteiger partial charge in [0, 0.05) is 11.1 Å². The number of halogens is 2. The van der Waals surface area contributed by atoms with Crippen LogP contribution in [0.3, 0.4) is 0 Å². The predicted molar refractivity (Wildman–Crippen MR) is 124 cm³/mol. The van der Waals surface area contributed by atoms with Crippen LogP contribution in [0.2, 0.25) is 0 Å². The largest absolute Gasteiger partial charge is 0.206 e. The SMILES string of the molecule is CCCCc1ccc(C#Cc2ccc(-c3cc(F)c(SC#N)c(F)c3)cc2CC)cc1. The molecule has 0 aromatic heterocycles. The second-order valence-corrected chi connectivity index (χ2v) is 8.03. The number of aryl methyl sites for hydroxylation is 2. The van der Waals surface area contributed by atoms with Crippen molar-refractivity contribution in [2.24, 2.45) is 0 Å². The van der Waals surface area contributed by atoms with E-state index in [1.54, 1.807) is 5.40 Å². The number of hydrogen-bond acceptors (Lipinski definition) is 2. The summed E-state index contributed by atoms with van der Waals surface area (Å²) in [6.45, 7) is 4.22. The molecule has 4 heteroatoms. The maximum atomic E-state index is 14.2. The van der Waals surface area contributed by atoms with Crippen molar-refractivity contribution in [2.75, 3.05) is 0 Å². The van der Waals surface area contributed by atoms with E-state index in [1.165, 1.54) is 30.5 Å². The normalized spacial score (nSPS) is 10.3. The van der Waals surface area contributed by atoms with Crippen LogP contribution in [0.15, 0.2) is 59.5 Å². The topological polar surface area (TPSA) is 23.8 Å². The van der Waals surface area contributed by atoms with Crippen molar-refractivity contribution < 1.29 is 8.78 Å². The average molecular weight is 432 g/mol. The van der Waals surface area contributed by atoms with Crippen molar-refractivity contribution in [3.63, 3.8) is 0 Å². The number of thiocyanates is 1. The Morgan fingerprint density at radius 3 is 2.19 bits per heavy atom. The summed E-state index contributed by atoms with van der Waals surface area (Å²) < 4.78 is 28.4. The fourth-order valence-electron chi connectivity index (χ4n) is 3.33. The van der Waals surface area contributed by atoms with Crippen LogP contribution >= 0.6 is 11.8 Å². The Morgan fingerprint density at radius 2 is 1.58 bits per heavy atom.